The number of hydrazine groups is 2. The van der Waals surface area contributed by atoms with Crippen molar-refractivity contribution in [1.82, 2.24) is 10.1 Å². The maximum Gasteiger partial charge on any atom is 0.319 e. The van der Waals surface area contributed by atoms with Gasteiger partial charge in [0.2, 0.25) is 0 Å². The van der Waals surface area contributed by atoms with Gasteiger partial charge in [-0.15, -0.1) is 0 Å². The number of nitroso groups, excluding NO2 is 1. The third-order valence-corrected chi connectivity index (χ3v) is 2.64. The van der Waals surface area contributed by atoms with Crippen LogP contribution >= 0.6 is 0 Å². The molecule has 0 bridgehead atoms. The minimum absolute atomic E-state index is 0.0926. The van der Waals surface area contributed by atoms with Crippen molar-refractivity contribution in [3.05, 3.63) is 4.91 Å². The summed E-state index contributed by atoms with van der Waals surface area (Å²) in [5.74, 6) is -0.166. The molecule has 0 aliphatic carbocycles. The zero-order valence-corrected chi connectivity index (χ0v) is 8.16. The van der Waals surface area contributed by atoms with Crippen molar-refractivity contribution in [2.75, 3.05) is 32.8 Å². The molecule has 0 aromatic carbocycles. The van der Waals surface area contributed by atoms with Crippen LogP contribution in [0.25, 0.3) is 0 Å². The van der Waals surface area contributed by atoms with Crippen molar-refractivity contribution < 1.29 is 19.1 Å². The van der Waals surface area contributed by atoms with Crippen LogP contribution in [0.3, 0.4) is 0 Å². The van der Waals surface area contributed by atoms with E-state index in [0.717, 1.165) is 0 Å². The van der Waals surface area contributed by atoms with Crippen LogP contribution in [0.4, 0.5) is 0 Å². The fourth-order valence-corrected chi connectivity index (χ4v) is 1.64. The molecule has 3 rings (SSSR count). The maximum absolute atomic E-state index is 11.5. The monoisotopic (exact) mass is 214 g/mol. The summed E-state index contributed by atoms with van der Waals surface area (Å²) in [5.41, 5.74) is 0. The molecule has 3 aliphatic rings. The summed E-state index contributed by atoms with van der Waals surface area (Å²) in [6.07, 6.45) is 0.193. The first-order valence-electron chi connectivity index (χ1n) is 4.99. The van der Waals surface area contributed by atoms with Crippen LogP contribution in [0.2, 0.25) is 0 Å². The second-order valence-electron chi connectivity index (χ2n) is 3.95. The quantitative estimate of drug-likeness (QED) is 0.422. The van der Waals surface area contributed by atoms with E-state index in [4.69, 9.17) is 9.47 Å². The molecule has 3 heterocycles. The number of nitrogens with zero attached hydrogens (tertiary/aromatic N) is 3. The zero-order chi connectivity index (χ0) is 10.4. The largest absolute Gasteiger partial charge is 0.371 e. The molecule has 82 valence electrons. The number of hydrogen-bond acceptors (Lipinski definition) is 4. The van der Waals surface area contributed by atoms with Gasteiger partial charge in [-0.2, -0.15) is 5.01 Å². The standard InChI is InChI=1S/C8H12N3O4/c12-8-3-11(13)10(2-7-5-15-7)9(8)1-6-4-14-6/h6-7H,1-5H2/q+1. The second kappa shape index (κ2) is 3.14. The van der Waals surface area contributed by atoms with Crippen molar-refractivity contribution in [2.45, 2.75) is 12.2 Å². The Morgan fingerprint density at radius 1 is 1.27 bits per heavy atom. The Balaban J connectivity index is 1.68. The summed E-state index contributed by atoms with van der Waals surface area (Å²) in [6, 6.07) is 0. The molecule has 0 saturated carbocycles. The molecule has 7 nitrogen and oxygen atoms in total. The van der Waals surface area contributed by atoms with Gasteiger partial charge in [0.15, 0.2) is 0 Å². The smallest absolute Gasteiger partial charge is 0.319 e. The van der Waals surface area contributed by atoms with E-state index in [2.05, 4.69) is 0 Å². The molecule has 2 unspecified atom stereocenters. The van der Waals surface area contributed by atoms with Crippen LogP contribution in [-0.4, -0.2) is 66.0 Å². The lowest BCUT2D eigenvalue weighted by Gasteiger charge is -2.18. The first kappa shape index (κ1) is 9.05. The lowest BCUT2D eigenvalue weighted by molar-refractivity contribution is -0.712. The van der Waals surface area contributed by atoms with Crippen LogP contribution in [-0.2, 0) is 14.3 Å². The molecule has 0 aromatic rings. The van der Waals surface area contributed by atoms with Crippen molar-refractivity contribution in [3.8, 4) is 0 Å². The predicted octanol–water partition coefficient (Wildman–Crippen LogP) is -1.46. The van der Waals surface area contributed by atoms with Crippen LogP contribution in [0.15, 0.2) is 0 Å². The Hall–Kier alpha value is -1.21. The maximum atomic E-state index is 11.5. The van der Waals surface area contributed by atoms with Gasteiger partial charge in [0.1, 0.15) is 23.6 Å². The number of epoxide rings is 2. The van der Waals surface area contributed by atoms with Gasteiger partial charge in [0.25, 0.3) is 0 Å². The van der Waals surface area contributed by atoms with Crippen LogP contribution in [0.5, 0.6) is 0 Å². The highest BCUT2D eigenvalue weighted by Crippen LogP contribution is 2.19. The molecular weight excluding hydrogens is 202 g/mol. The highest BCUT2D eigenvalue weighted by molar-refractivity contribution is 5.77. The first-order chi connectivity index (χ1) is 7.24. The summed E-state index contributed by atoms with van der Waals surface area (Å²) >= 11 is 0. The Morgan fingerprint density at radius 2 is 1.87 bits per heavy atom. The Labute approximate surface area is 86.0 Å². The normalized spacial score (nSPS) is 33.9. The predicted molar refractivity (Wildman–Crippen MR) is 46.4 cm³/mol. The van der Waals surface area contributed by atoms with E-state index in [9.17, 15) is 9.70 Å². The van der Waals surface area contributed by atoms with E-state index >= 15 is 0 Å². The average molecular weight is 214 g/mol. The van der Waals surface area contributed by atoms with E-state index in [1.54, 1.807) is 0 Å². The molecular formula is C8H12N3O4+. The van der Waals surface area contributed by atoms with Crippen molar-refractivity contribution in [2.24, 2.45) is 0 Å². The van der Waals surface area contributed by atoms with Gasteiger partial charge in [-0.1, -0.05) is 0 Å². The number of hydrogen-bond donors (Lipinski definition) is 0. The summed E-state index contributed by atoms with van der Waals surface area (Å²) in [7, 11) is 0. The molecule has 0 N–H and O–H groups in total. The molecule has 7 heteroatoms. The van der Waals surface area contributed by atoms with E-state index in [1.165, 1.54) is 10.1 Å². The Kier molecular flexibility index (Phi) is 1.89. The van der Waals surface area contributed by atoms with Crippen molar-refractivity contribution >= 4 is 5.91 Å². The fraction of sp³-hybridized carbons (Fsp3) is 0.875. The van der Waals surface area contributed by atoms with E-state index in [0.29, 0.717) is 31.2 Å². The van der Waals surface area contributed by atoms with E-state index < -0.39 is 0 Å². The minimum Gasteiger partial charge on any atom is -0.371 e. The molecule has 0 radical (unpaired) electrons. The number of carbonyl (C=O) groups excluding carboxylic acids is 1. The molecule has 0 spiro atoms. The van der Waals surface area contributed by atoms with E-state index in [-0.39, 0.29) is 24.7 Å². The van der Waals surface area contributed by atoms with Gasteiger partial charge in [0, 0.05) is 0 Å². The Bertz CT molecular complexity index is 283. The third-order valence-electron chi connectivity index (χ3n) is 2.64. The van der Waals surface area contributed by atoms with E-state index in [1.807, 2.05) is 0 Å². The molecule has 3 aliphatic heterocycles. The van der Waals surface area contributed by atoms with Gasteiger partial charge in [-0.25, -0.2) is 0 Å². The van der Waals surface area contributed by atoms with Crippen molar-refractivity contribution in [3.63, 3.8) is 0 Å². The molecule has 0 aromatic heterocycles. The number of carbonyl (C=O) groups is 1. The molecule has 3 fully saturated rings. The Morgan fingerprint density at radius 3 is 2.47 bits per heavy atom. The molecule has 1 amide bonds. The zero-order valence-electron chi connectivity index (χ0n) is 8.16. The average Bonchev–Trinajstić information content (AvgIpc) is 3.04. The van der Waals surface area contributed by atoms with Gasteiger partial charge in [-0.3, -0.25) is 4.79 Å². The highest BCUT2D eigenvalue weighted by Gasteiger charge is 2.48. The number of ether oxygens (including phenoxy) is 2. The number of amides is 1. The fourth-order valence-electron chi connectivity index (χ4n) is 1.64. The van der Waals surface area contributed by atoms with Crippen LogP contribution in [0, 0.1) is 4.91 Å². The lowest BCUT2D eigenvalue weighted by Crippen LogP contribution is -2.45. The van der Waals surface area contributed by atoms with Gasteiger partial charge in [0.05, 0.1) is 24.7 Å². The SMILES string of the molecule is O=C1C[N+](=O)N(CC2CO2)N1CC1CO1. The summed E-state index contributed by atoms with van der Waals surface area (Å²) in [6.45, 7) is 2.19. The lowest BCUT2D eigenvalue weighted by atomic mass is 10.4. The first-order valence-corrected chi connectivity index (χ1v) is 4.99. The van der Waals surface area contributed by atoms with Gasteiger partial charge in [-0.05, 0) is 5.12 Å². The number of rotatable bonds is 4. The summed E-state index contributed by atoms with van der Waals surface area (Å²) in [5, 5.41) is 2.88. The molecule has 15 heavy (non-hydrogen) atoms. The molecule has 2 atom stereocenters. The third kappa shape index (κ3) is 1.80. The minimum atomic E-state index is -0.166. The van der Waals surface area contributed by atoms with Crippen LogP contribution in [0.1, 0.15) is 0 Å². The molecule has 3 saturated heterocycles. The van der Waals surface area contributed by atoms with Crippen LogP contribution < -0.4 is 0 Å². The summed E-state index contributed by atoms with van der Waals surface area (Å²) < 4.78 is 10.1. The highest BCUT2D eigenvalue weighted by atomic mass is 16.6. The topological polar surface area (TPSA) is 68.7 Å². The summed E-state index contributed by atoms with van der Waals surface area (Å²) in [4.78, 5) is 23.6. The van der Waals surface area contributed by atoms with Crippen molar-refractivity contribution in [1.29, 1.82) is 0 Å². The van der Waals surface area contributed by atoms with Gasteiger partial charge >= 0.3 is 12.5 Å². The second-order valence-corrected chi connectivity index (χ2v) is 3.95. The van der Waals surface area contributed by atoms with Gasteiger partial charge < -0.3 is 9.47 Å².